The Balaban J connectivity index is 1.45. The van der Waals surface area contributed by atoms with E-state index in [0.29, 0.717) is 30.3 Å². The summed E-state index contributed by atoms with van der Waals surface area (Å²) in [5.74, 6) is 0.985. The minimum Gasteiger partial charge on any atom is -0.355 e. The zero-order valence-corrected chi connectivity index (χ0v) is 17.5. The van der Waals surface area contributed by atoms with Gasteiger partial charge in [-0.15, -0.1) is 0 Å². The van der Waals surface area contributed by atoms with Gasteiger partial charge in [0.05, 0.1) is 11.0 Å². The van der Waals surface area contributed by atoms with Gasteiger partial charge in [-0.2, -0.15) is 0 Å². The Kier molecular flexibility index (Phi) is 5.44. The zero-order valence-electron chi connectivity index (χ0n) is 15.9. The minimum atomic E-state index is -0.199. The summed E-state index contributed by atoms with van der Waals surface area (Å²) < 4.78 is 0.909. The Bertz CT molecular complexity index is 1070. The van der Waals surface area contributed by atoms with Gasteiger partial charge in [0.15, 0.2) is 11.6 Å². The van der Waals surface area contributed by atoms with Crippen LogP contribution in [0.5, 0.6) is 0 Å². The van der Waals surface area contributed by atoms with Crippen LogP contribution in [-0.2, 0) is 4.79 Å². The molecule has 8 heteroatoms. The largest absolute Gasteiger partial charge is 0.355 e. The van der Waals surface area contributed by atoms with E-state index in [1.165, 1.54) is 0 Å². The smallest absolute Gasteiger partial charge is 0.251 e. The lowest BCUT2D eigenvalue weighted by molar-refractivity contribution is -0.118. The fourth-order valence-corrected chi connectivity index (χ4v) is 3.51. The zero-order chi connectivity index (χ0) is 20.4. The maximum absolute atomic E-state index is 12.8. The van der Waals surface area contributed by atoms with E-state index in [1.807, 2.05) is 48.3 Å². The lowest BCUT2D eigenvalue weighted by Gasteiger charge is -2.33. The molecule has 2 amide bonds. The van der Waals surface area contributed by atoms with Crippen LogP contribution in [0.3, 0.4) is 0 Å². The summed E-state index contributed by atoms with van der Waals surface area (Å²) in [7, 11) is 1.95. The molecule has 0 fully saturated rings. The van der Waals surface area contributed by atoms with Gasteiger partial charge in [0.1, 0.15) is 0 Å². The SMILES string of the molecule is CN1CCN(C(=O)CCNC(=O)c2ccc(Br)cc2)c2nc3ccccc3nc21. The summed E-state index contributed by atoms with van der Waals surface area (Å²) in [6, 6.07) is 14.7. The maximum Gasteiger partial charge on any atom is 0.251 e. The van der Waals surface area contributed by atoms with E-state index in [1.54, 1.807) is 17.0 Å². The average Bonchev–Trinajstić information content (AvgIpc) is 2.73. The number of aromatic nitrogens is 2. The summed E-state index contributed by atoms with van der Waals surface area (Å²) in [5, 5.41) is 2.80. The van der Waals surface area contributed by atoms with Gasteiger partial charge in [0, 0.05) is 43.1 Å². The van der Waals surface area contributed by atoms with Crippen LogP contribution in [0.2, 0.25) is 0 Å². The van der Waals surface area contributed by atoms with Gasteiger partial charge in [-0.1, -0.05) is 28.1 Å². The molecule has 0 bridgehead atoms. The van der Waals surface area contributed by atoms with Crippen LogP contribution in [0.4, 0.5) is 11.6 Å². The van der Waals surface area contributed by atoms with Gasteiger partial charge < -0.3 is 10.2 Å². The van der Waals surface area contributed by atoms with Crippen molar-refractivity contribution in [3.05, 3.63) is 58.6 Å². The van der Waals surface area contributed by atoms with Crippen LogP contribution >= 0.6 is 15.9 Å². The van der Waals surface area contributed by atoms with Crippen LogP contribution in [0.15, 0.2) is 53.0 Å². The molecule has 0 spiro atoms. The normalized spacial score (nSPS) is 13.3. The first kappa shape index (κ1) is 19.3. The maximum atomic E-state index is 12.8. The third-order valence-corrected chi connectivity index (χ3v) is 5.37. The molecular weight excluding hydrogens is 434 g/mol. The Morgan fingerprint density at radius 1 is 1.00 bits per heavy atom. The van der Waals surface area contributed by atoms with Crippen molar-refractivity contribution in [3.8, 4) is 0 Å². The number of benzene rings is 2. The van der Waals surface area contributed by atoms with Gasteiger partial charge in [-0.25, -0.2) is 9.97 Å². The number of carbonyl (C=O) groups is 2. The van der Waals surface area contributed by atoms with E-state index in [2.05, 4.69) is 31.2 Å². The predicted molar refractivity (Wildman–Crippen MR) is 116 cm³/mol. The highest BCUT2D eigenvalue weighted by Gasteiger charge is 2.28. The molecule has 0 radical (unpaired) electrons. The third kappa shape index (κ3) is 4.07. The predicted octanol–water partition coefficient (Wildman–Crippen LogP) is 3.00. The number of rotatable bonds is 4. The highest BCUT2D eigenvalue weighted by molar-refractivity contribution is 9.10. The number of hydrogen-bond acceptors (Lipinski definition) is 5. The molecule has 0 saturated heterocycles. The van der Waals surface area contributed by atoms with Crippen molar-refractivity contribution in [2.45, 2.75) is 6.42 Å². The van der Waals surface area contributed by atoms with Crippen molar-refractivity contribution >= 4 is 50.4 Å². The van der Waals surface area contributed by atoms with E-state index in [0.717, 1.165) is 15.5 Å². The second-order valence-electron chi connectivity index (χ2n) is 6.84. The van der Waals surface area contributed by atoms with Crippen molar-refractivity contribution < 1.29 is 9.59 Å². The molecule has 2 heterocycles. The van der Waals surface area contributed by atoms with Crippen LogP contribution in [-0.4, -0.2) is 48.5 Å². The number of anilines is 2. The number of para-hydroxylation sites is 2. The molecule has 1 aliphatic heterocycles. The number of nitrogens with zero attached hydrogens (tertiary/aromatic N) is 4. The van der Waals surface area contributed by atoms with Crippen molar-refractivity contribution in [1.29, 1.82) is 0 Å². The van der Waals surface area contributed by atoms with Gasteiger partial charge in [0.25, 0.3) is 5.91 Å². The fourth-order valence-electron chi connectivity index (χ4n) is 3.24. The topological polar surface area (TPSA) is 78.4 Å². The number of nitrogens with one attached hydrogen (secondary N) is 1. The Labute approximate surface area is 176 Å². The van der Waals surface area contributed by atoms with Crippen LogP contribution in [0, 0.1) is 0 Å². The van der Waals surface area contributed by atoms with Gasteiger partial charge >= 0.3 is 0 Å². The molecule has 0 atom stereocenters. The van der Waals surface area contributed by atoms with E-state index >= 15 is 0 Å². The van der Waals surface area contributed by atoms with Gasteiger partial charge in [-0.05, 0) is 36.4 Å². The molecule has 29 heavy (non-hydrogen) atoms. The molecule has 148 valence electrons. The summed E-state index contributed by atoms with van der Waals surface area (Å²) in [4.78, 5) is 38.1. The highest BCUT2D eigenvalue weighted by atomic mass is 79.9. The third-order valence-electron chi connectivity index (χ3n) is 4.84. The molecule has 0 unspecified atom stereocenters. The fraction of sp³-hybridized carbons (Fsp3) is 0.238. The molecule has 3 aromatic rings. The van der Waals surface area contributed by atoms with E-state index in [9.17, 15) is 9.59 Å². The lowest BCUT2D eigenvalue weighted by atomic mass is 10.2. The first-order valence-corrected chi connectivity index (χ1v) is 10.1. The molecule has 4 rings (SSSR count). The highest BCUT2D eigenvalue weighted by Crippen LogP contribution is 2.30. The number of fused-ring (bicyclic) bond motifs is 2. The first-order valence-electron chi connectivity index (χ1n) is 9.35. The molecule has 1 N–H and O–H groups in total. The number of carbonyl (C=O) groups excluding carboxylic acids is 2. The van der Waals surface area contributed by atoms with E-state index < -0.39 is 0 Å². The van der Waals surface area contributed by atoms with Gasteiger partial charge in [0.2, 0.25) is 5.91 Å². The van der Waals surface area contributed by atoms with Gasteiger partial charge in [-0.3, -0.25) is 14.5 Å². The Hall–Kier alpha value is -3.00. The molecule has 0 aliphatic carbocycles. The molecular formula is C21H20BrN5O2. The number of hydrogen-bond donors (Lipinski definition) is 1. The summed E-state index contributed by atoms with van der Waals surface area (Å²) in [5.41, 5.74) is 2.11. The number of likely N-dealkylation sites (N-methyl/N-ethyl adjacent to an activating group) is 1. The van der Waals surface area contributed by atoms with E-state index in [4.69, 9.17) is 0 Å². The van der Waals surface area contributed by atoms with E-state index in [-0.39, 0.29) is 24.8 Å². The van der Waals surface area contributed by atoms with Crippen molar-refractivity contribution in [2.75, 3.05) is 36.5 Å². The quantitative estimate of drug-likeness (QED) is 0.656. The summed E-state index contributed by atoms with van der Waals surface area (Å²) in [6.07, 6.45) is 0.194. The monoisotopic (exact) mass is 453 g/mol. The van der Waals surface area contributed by atoms with Crippen molar-refractivity contribution in [2.24, 2.45) is 0 Å². The second kappa shape index (κ2) is 8.16. The lowest BCUT2D eigenvalue weighted by Crippen LogP contribution is -2.44. The van der Waals surface area contributed by atoms with Crippen LogP contribution < -0.4 is 15.1 Å². The summed E-state index contributed by atoms with van der Waals surface area (Å²) in [6.45, 7) is 1.48. The van der Waals surface area contributed by atoms with Crippen LogP contribution in [0.25, 0.3) is 11.0 Å². The molecule has 0 saturated carbocycles. The minimum absolute atomic E-state index is 0.0833. The van der Waals surface area contributed by atoms with Crippen molar-refractivity contribution in [3.63, 3.8) is 0 Å². The Morgan fingerprint density at radius 2 is 1.66 bits per heavy atom. The van der Waals surface area contributed by atoms with Crippen LogP contribution in [0.1, 0.15) is 16.8 Å². The second-order valence-corrected chi connectivity index (χ2v) is 7.75. The summed E-state index contributed by atoms with van der Waals surface area (Å²) >= 11 is 3.35. The molecule has 1 aliphatic rings. The number of halogens is 1. The average molecular weight is 454 g/mol. The Morgan fingerprint density at radius 3 is 2.34 bits per heavy atom. The first-order chi connectivity index (χ1) is 14.0. The molecule has 2 aromatic carbocycles. The number of amides is 2. The molecule has 1 aromatic heterocycles. The standard InChI is InChI=1S/C21H20BrN5O2/c1-26-12-13-27(20-19(26)24-16-4-2-3-5-17(16)25-20)18(28)10-11-23-21(29)14-6-8-15(22)9-7-14/h2-9H,10-13H2,1H3,(H,23,29). The van der Waals surface area contributed by atoms with Crippen molar-refractivity contribution in [1.82, 2.24) is 15.3 Å². The molecule has 7 nitrogen and oxygen atoms in total.